The molecular formula is C6H7Fe2KN6. The molecule has 0 amide bonds. The van der Waals surface area contributed by atoms with Crippen LogP contribution in [-0.2, 0) is 34.1 Å². The van der Waals surface area contributed by atoms with Gasteiger partial charge in [0.05, 0.1) is 0 Å². The van der Waals surface area contributed by atoms with Crippen LogP contribution in [-0.4, -0.2) is 51.4 Å². The van der Waals surface area contributed by atoms with Crippen LogP contribution in [0.3, 0.4) is 0 Å². The fourth-order valence-corrected chi connectivity index (χ4v) is 0. The molecule has 78 valence electrons. The Morgan fingerprint density at radius 1 is 0.333 bits per heavy atom. The minimum atomic E-state index is 0. The Labute approximate surface area is 154 Å². The Morgan fingerprint density at radius 3 is 0.333 bits per heavy atom. The Kier molecular flexibility index (Phi) is 83900. The van der Waals surface area contributed by atoms with Crippen LogP contribution >= 0.6 is 0 Å². The topological polar surface area (TPSA) is 143 Å². The molecule has 0 aliphatic carbocycles. The molecule has 0 aromatic rings. The van der Waals surface area contributed by atoms with Crippen LogP contribution < -0.4 is 0 Å². The first-order valence-corrected chi connectivity index (χ1v) is 1.55. The van der Waals surface area contributed by atoms with Crippen molar-refractivity contribution < 1.29 is 34.1 Å². The molecule has 0 aromatic carbocycles. The van der Waals surface area contributed by atoms with E-state index in [9.17, 15) is 0 Å². The van der Waals surface area contributed by atoms with Gasteiger partial charge < -0.3 is 0 Å². The van der Waals surface area contributed by atoms with Crippen LogP contribution in [0.2, 0.25) is 0 Å². The van der Waals surface area contributed by atoms with E-state index in [1.165, 1.54) is 0 Å². The summed E-state index contributed by atoms with van der Waals surface area (Å²) in [5, 5.41) is 39.0. The molecule has 0 unspecified atom stereocenters. The third-order valence-corrected chi connectivity index (χ3v) is 0. The summed E-state index contributed by atoms with van der Waals surface area (Å²) in [6, 6.07) is 0. The van der Waals surface area contributed by atoms with E-state index in [1.807, 2.05) is 0 Å². The third kappa shape index (κ3) is 12400. The first-order chi connectivity index (χ1) is 6.00. The van der Waals surface area contributed by atoms with Crippen molar-refractivity contribution >= 4 is 51.4 Å². The van der Waals surface area contributed by atoms with Gasteiger partial charge in [0.15, 0.2) is 0 Å². The molecule has 0 saturated heterocycles. The van der Waals surface area contributed by atoms with Crippen LogP contribution in [0.15, 0.2) is 0 Å². The van der Waals surface area contributed by atoms with E-state index < -0.39 is 0 Å². The van der Waals surface area contributed by atoms with Crippen molar-refractivity contribution in [1.82, 2.24) is 0 Å². The van der Waals surface area contributed by atoms with E-state index in [0.29, 0.717) is 0 Å². The molecule has 0 heterocycles. The Morgan fingerprint density at radius 2 is 0.333 bits per heavy atom. The maximum atomic E-state index is 6.50. The quantitative estimate of drug-likeness (QED) is 0.584. The average Bonchev–Trinajstić information content (AvgIpc) is 2.33. The number of nitriles is 6. The van der Waals surface area contributed by atoms with E-state index in [1.54, 1.807) is 0 Å². The van der Waals surface area contributed by atoms with Gasteiger partial charge in [-0.15, -0.1) is 0 Å². The minimum absolute atomic E-state index is 0. The number of nitrogens with zero attached hydrogens (tertiary/aromatic N) is 6. The second-order valence-corrected chi connectivity index (χ2v) is 0. The molecule has 0 fully saturated rings. The van der Waals surface area contributed by atoms with Gasteiger partial charge in [0.25, 0.3) is 0 Å². The predicted molar refractivity (Wildman–Crippen MR) is 47.2 cm³/mol. The summed E-state index contributed by atoms with van der Waals surface area (Å²) in [4.78, 5) is 0. The zero-order valence-corrected chi connectivity index (χ0v) is 9.06. The van der Waals surface area contributed by atoms with Crippen molar-refractivity contribution in [3.8, 4) is 39.4 Å². The van der Waals surface area contributed by atoms with Crippen molar-refractivity contribution in [2.45, 2.75) is 0 Å². The molecule has 0 radical (unpaired) electrons. The van der Waals surface area contributed by atoms with Gasteiger partial charge in [0, 0.05) is 73.6 Å². The Balaban J connectivity index is -0.00000000396. The van der Waals surface area contributed by atoms with Crippen LogP contribution in [0.25, 0.3) is 0 Å². The summed E-state index contributed by atoms with van der Waals surface area (Å²) in [5.74, 6) is 0. The SMILES string of the molecule is C#N.C#N.C#N.C#N.C#N.C#N.[Fe].[Fe].[KH]. The van der Waals surface area contributed by atoms with Gasteiger partial charge in [-0.3, -0.25) is 0 Å². The van der Waals surface area contributed by atoms with Crippen LogP contribution in [0.4, 0.5) is 0 Å². The molecule has 0 atom stereocenters. The number of hydrogen-bond acceptors (Lipinski definition) is 6. The summed E-state index contributed by atoms with van der Waals surface area (Å²) < 4.78 is 0. The Bertz CT molecular complexity index is 101. The molecule has 0 N–H and O–H groups in total. The van der Waals surface area contributed by atoms with Gasteiger partial charge in [-0.1, -0.05) is 0 Å². The van der Waals surface area contributed by atoms with E-state index in [4.69, 9.17) is 31.6 Å². The van der Waals surface area contributed by atoms with Crippen LogP contribution in [0.1, 0.15) is 0 Å². The monoisotopic (exact) mass is 314 g/mol. The average molecular weight is 314 g/mol. The van der Waals surface area contributed by atoms with E-state index in [2.05, 4.69) is 39.4 Å². The van der Waals surface area contributed by atoms with Gasteiger partial charge in [-0.2, -0.15) is 0 Å². The zero-order valence-electron chi connectivity index (χ0n) is 6.85. The van der Waals surface area contributed by atoms with E-state index >= 15 is 0 Å². The van der Waals surface area contributed by atoms with Gasteiger partial charge >= 0.3 is 51.4 Å². The van der Waals surface area contributed by atoms with Gasteiger partial charge in [0.2, 0.25) is 0 Å². The molecule has 0 aliphatic heterocycles. The number of rotatable bonds is 0. The Hall–Kier alpha value is -0.385. The molecule has 0 bridgehead atoms. The van der Waals surface area contributed by atoms with Crippen molar-refractivity contribution in [2.24, 2.45) is 0 Å². The fraction of sp³-hybridized carbons (Fsp3) is 0. The summed E-state index contributed by atoms with van der Waals surface area (Å²) >= 11 is 0. The molecule has 0 aromatic heterocycles. The molecular weight excluding hydrogens is 307 g/mol. The van der Waals surface area contributed by atoms with E-state index in [0.717, 1.165) is 0 Å². The predicted octanol–water partition coefficient (Wildman–Crippen LogP) is 0.185. The summed E-state index contributed by atoms with van der Waals surface area (Å²) in [6.45, 7) is 21.0. The van der Waals surface area contributed by atoms with Crippen LogP contribution in [0, 0.1) is 71.0 Å². The molecule has 6 nitrogen and oxygen atoms in total. The second kappa shape index (κ2) is 14600. The second-order valence-electron chi connectivity index (χ2n) is 0. The van der Waals surface area contributed by atoms with Crippen molar-refractivity contribution in [2.75, 3.05) is 0 Å². The molecule has 0 spiro atoms. The fourth-order valence-electron chi connectivity index (χ4n) is 0. The summed E-state index contributed by atoms with van der Waals surface area (Å²) in [5.41, 5.74) is 0. The molecule has 0 rings (SSSR count). The summed E-state index contributed by atoms with van der Waals surface area (Å²) in [7, 11) is 0. The van der Waals surface area contributed by atoms with E-state index in [-0.39, 0.29) is 85.5 Å². The molecule has 9 heteroatoms. The molecule has 15 heavy (non-hydrogen) atoms. The maximum absolute atomic E-state index is 6.50. The summed E-state index contributed by atoms with van der Waals surface area (Å²) in [6.07, 6.45) is 0. The zero-order chi connectivity index (χ0) is 12.0. The molecule has 0 saturated carbocycles. The van der Waals surface area contributed by atoms with Gasteiger partial charge in [-0.25, -0.2) is 31.6 Å². The van der Waals surface area contributed by atoms with Crippen molar-refractivity contribution in [3.63, 3.8) is 0 Å². The first-order valence-electron chi connectivity index (χ1n) is 1.55. The normalized spacial score (nSPS) is 0.800. The number of hydrogen-bond donors (Lipinski definition) is 0. The van der Waals surface area contributed by atoms with Crippen LogP contribution in [0.5, 0.6) is 0 Å². The van der Waals surface area contributed by atoms with Crippen molar-refractivity contribution in [1.29, 1.82) is 31.6 Å². The standard InChI is InChI=1S/6CHN.2Fe.K.H/c6*1-2;;;;/h6*1H;;;;. The van der Waals surface area contributed by atoms with Gasteiger partial charge in [-0.05, 0) is 0 Å². The third-order valence-electron chi connectivity index (χ3n) is 0. The first kappa shape index (κ1) is 85.9. The molecule has 0 aliphatic rings. The van der Waals surface area contributed by atoms with Crippen molar-refractivity contribution in [3.05, 3.63) is 0 Å². The van der Waals surface area contributed by atoms with Gasteiger partial charge in [0.1, 0.15) is 0 Å².